The number of hydrogen-bond acceptors (Lipinski definition) is 6. The molecule has 0 amide bonds. The molecule has 0 radical (unpaired) electrons. The second-order valence-corrected chi connectivity index (χ2v) is 4.23. The Labute approximate surface area is 102 Å². The van der Waals surface area contributed by atoms with E-state index in [1.165, 1.54) is 0 Å². The Morgan fingerprint density at radius 1 is 1.56 bits per heavy atom. The fourth-order valence-corrected chi connectivity index (χ4v) is 1.70. The number of nitrogens with two attached hydrogens (primary N) is 1. The molecule has 1 aromatic rings. The van der Waals surface area contributed by atoms with Crippen LogP contribution in [0.2, 0.25) is 0 Å². The van der Waals surface area contributed by atoms with E-state index in [-0.39, 0.29) is 12.1 Å². The smallest absolute Gasteiger partial charge is 0.221 e. The first-order valence-electron chi connectivity index (χ1n) is 4.97. The first-order valence-corrected chi connectivity index (χ1v) is 5.76. The number of ether oxygens (including phenoxy) is 2. The van der Waals surface area contributed by atoms with Gasteiger partial charge in [-0.2, -0.15) is 4.98 Å². The van der Waals surface area contributed by atoms with Crippen LogP contribution in [0.5, 0.6) is 0 Å². The van der Waals surface area contributed by atoms with E-state index in [9.17, 15) is 0 Å². The molecule has 1 aromatic heterocycles. The largest absolute Gasteiger partial charge is 0.376 e. The number of anilines is 2. The molecule has 0 spiro atoms. The van der Waals surface area contributed by atoms with Crippen molar-refractivity contribution < 1.29 is 9.47 Å². The van der Waals surface area contributed by atoms with Crippen molar-refractivity contribution in [2.45, 2.75) is 6.10 Å². The molecule has 88 valence electrons. The minimum Gasteiger partial charge on any atom is -0.376 e. The summed E-state index contributed by atoms with van der Waals surface area (Å²) in [6, 6.07) is 0. The van der Waals surface area contributed by atoms with E-state index in [0.29, 0.717) is 32.2 Å². The molecule has 0 aliphatic carbocycles. The molecule has 1 unspecified atom stereocenters. The number of aromatic nitrogens is 2. The number of rotatable bonds is 3. The molecular weight excluding hydrogens is 276 g/mol. The molecule has 16 heavy (non-hydrogen) atoms. The summed E-state index contributed by atoms with van der Waals surface area (Å²) in [6.45, 7) is 2.54. The van der Waals surface area contributed by atoms with Gasteiger partial charge in [0.1, 0.15) is 5.82 Å². The molecule has 0 saturated carbocycles. The molecule has 7 heteroatoms. The molecule has 0 bridgehead atoms. The molecule has 1 atom stereocenters. The Bertz CT molecular complexity index is 357. The van der Waals surface area contributed by atoms with Gasteiger partial charge in [0.05, 0.1) is 30.4 Å². The van der Waals surface area contributed by atoms with E-state index in [1.807, 2.05) is 0 Å². The van der Waals surface area contributed by atoms with Crippen LogP contribution < -0.4 is 11.1 Å². The van der Waals surface area contributed by atoms with Gasteiger partial charge in [-0.15, -0.1) is 0 Å². The van der Waals surface area contributed by atoms with Crippen LogP contribution >= 0.6 is 15.9 Å². The molecule has 1 aliphatic rings. The predicted octanol–water partition coefficient (Wildman–Crippen LogP) is 0.649. The van der Waals surface area contributed by atoms with Crippen molar-refractivity contribution in [2.24, 2.45) is 0 Å². The summed E-state index contributed by atoms with van der Waals surface area (Å²) in [5.41, 5.74) is 5.50. The van der Waals surface area contributed by atoms with Crippen LogP contribution in [0.4, 0.5) is 11.8 Å². The zero-order valence-corrected chi connectivity index (χ0v) is 10.2. The van der Waals surface area contributed by atoms with Gasteiger partial charge >= 0.3 is 0 Å². The summed E-state index contributed by atoms with van der Waals surface area (Å²) in [7, 11) is 0. The van der Waals surface area contributed by atoms with Crippen LogP contribution in [0, 0.1) is 0 Å². The molecule has 6 nitrogen and oxygen atoms in total. The molecular formula is C9H13BrN4O2. The molecule has 1 fully saturated rings. The van der Waals surface area contributed by atoms with E-state index in [0.717, 1.165) is 4.47 Å². The quantitative estimate of drug-likeness (QED) is 0.850. The summed E-state index contributed by atoms with van der Waals surface area (Å²) < 4.78 is 11.6. The predicted molar refractivity (Wildman–Crippen MR) is 63.2 cm³/mol. The van der Waals surface area contributed by atoms with E-state index in [2.05, 4.69) is 31.2 Å². The fourth-order valence-electron chi connectivity index (χ4n) is 1.37. The van der Waals surface area contributed by atoms with Crippen LogP contribution in [0.3, 0.4) is 0 Å². The normalized spacial score (nSPS) is 20.7. The van der Waals surface area contributed by atoms with Crippen molar-refractivity contribution in [3.8, 4) is 0 Å². The van der Waals surface area contributed by atoms with Crippen molar-refractivity contribution >= 4 is 27.7 Å². The molecule has 1 aliphatic heterocycles. The van der Waals surface area contributed by atoms with E-state index >= 15 is 0 Å². The fraction of sp³-hybridized carbons (Fsp3) is 0.556. The maximum absolute atomic E-state index is 5.50. The van der Waals surface area contributed by atoms with Crippen LogP contribution in [0.15, 0.2) is 10.7 Å². The third-order valence-corrected chi connectivity index (χ3v) is 2.73. The molecule has 0 aromatic carbocycles. The minimum absolute atomic E-state index is 0.0526. The highest BCUT2D eigenvalue weighted by Crippen LogP contribution is 2.19. The third-order valence-electron chi connectivity index (χ3n) is 2.14. The topological polar surface area (TPSA) is 82.3 Å². The van der Waals surface area contributed by atoms with Gasteiger partial charge in [0.25, 0.3) is 0 Å². The van der Waals surface area contributed by atoms with E-state index in [1.54, 1.807) is 6.20 Å². The average molecular weight is 289 g/mol. The Morgan fingerprint density at radius 3 is 3.19 bits per heavy atom. The molecule has 2 rings (SSSR count). The number of nitrogens with zero attached hydrogens (tertiary/aromatic N) is 2. The summed E-state index contributed by atoms with van der Waals surface area (Å²) >= 11 is 3.34. The van der Waals surface area contributed by atoms with Crippen molar-refractivity contribution in [1.29, 1.82) is 0 Å². The lowest BCUT2D eigenvalue weighted by Gasteiger charge is -2.23. The van der Waals surface area contributed by atoms with Crippen LogP contribution in [0.1, 0.15) is 0 Å². The SMILES string of the molecule is Nc1ncc(Br)c(NCC2COCCO2)n1. The molecule has 3 N–H and O–H groups in total. The van der Waals surface area contributed by atoms with Crippen LogP contribution in [0.25, 0.3) is 0 Å². The average Bonchev–Trinajstić information content (AvgIpc) is 2.32. The van der Waals surface area contributed by atoms with Crippen LogP contribution in [-0.4, -0.2) is 42.4 Å². The lowest BCUT2D eigenvalue weighted by molar-refractivity contribution is -0.0819. The summed E-state index contributed by atoms with van der Waals surface area (Å²) in [6.07, 6.45) is 1.67. The Hall–Kier alpha value is -0.920. The van der Waals surface area contributed by atoms with Gasteiger partial charge in [-0.3, -0.25) is 0 Å². The first kappa shape index (κ1) is 11.6. The van der Waals surface area contributed by atoms with Crippen LogP contribution in [-0.2, 0) is 9.47 Å². The number of nitrogens with one attached hydrogen (secondary N) is 1. The lowest BCUT2D eigenvalue weighted by atomic mass is 10.3. The molecule has 1 saturated heterocycles. The second-order valence-electron chi connectivity index (χ2n) is 3.37. The van der Waals surface area contributed by atoms with Crippen molar-refractivity contribution in [3.05, 3.63) is 10.7 Å². The van der Waals surface area contributed by atoms with Gasteiger partial charge in [0.15, 0.2) is 0 Å². The monoisotopic (exact) mass is 288 g/mol. The number of hydrogen-bond donors (Lipinski definition) is 2. The van der Waals surface area contributed by atoms with Gasteiger partial charge in [0, 0.05) is 12.7 Å². The highest BCUT2D eigenvalue weighted by Gasteiger charge is 2.14. The minimum atomic E-state index is 0.0526. The maximum atomic E-state index is 5.50. The third kappa shape index (κ3) is 3.03. The lowest BCUT2D eigenvalue weighted by Crippen LogP contribution is -2.34. The standard InChI is InChI=1S/C9H13BrN4O2/c10-7-4-13-9(11)14-8(7)12-3-6-5-15-1-2-16-6/h4,6H,1-3,5H2,(H3,11,12,13,14). The summed E-state index contributed by atoms with van der Waals surface area (Å²) in [5.74, 6) is 0.910. The Balaban J connectivity index is 1.90. The zero-order valence-electron chi connectivity index (χ0n) is 8.65. The highest BCUT2D eigenvalue weighted by atomic mass is 79.9. The zero-order chi connectivity index (χ0) is 11.4. The second kappa shape index (κ2) is 5.42. The first-order chi connectivity index (χ1) is 7.75. The van der Waals surface area contributed by atoms with Gasteiger partial charge in [0.2, 0.25) is 5.95 Å². The van der Waals surface area contributed by atoms with Crippen molar-refractivity contribution in [1.82, 2.24) is 9.97 Å². The Morgan fingerprint density at radius 2 is 2.44 bits per heavy atom. The summed E-state index contributed by atoms with van der Waals surface area (Å²) in [5, 5.41) is 3.14. The number of halogens is 1. The number of nitrogen functional groups attached to an aromatic ring is 1. The van der Waals surface area contributed by atoms with E-state index in [4.69, 9.17) is 15.2 Å². The van der Waals surface area contributed by atoms with Gasteiger partial charge < -0.3 is 20.5 Å². The molecule has 2 heterocycles. The van der Waals surface area contributed by atoms with Crippen molar-refractivity contribution in [3.63, 3.8) is 0 Å². The maximum Gasteiger partial charge on any atom is 0.221 e. The highest BCUT2D eigenvalue weighted by molar-refractivity contribution is 9.10. The van der Waals surface area contributed by atoms with Gasteiger partial charge in [-0.1, -0.05) is 0 Å². The van der Waals surface area contributed by atoms with Gasteiger partial charge in [-0.05, 0) is 15.9 Å². The van der Waals surface area contributed by atoms with E-state index < -0.39 is 0 Å². The van der Waals surface area contributed by atoms with Crippen molar-refractivity contribution in [2.75, 3.05) is 37.4 Å². The summed E-state index contributed by atoms with van der Waals surface area (Å²) in [4.78, 5) is 7.93. The Kier molecular flexibility index (Phi) is 3.92. The van der Waals surface area contributed by atoms with Gasteiger partial charge in [-0.25, -0.2) is 4.98 Å².